The molecule has 8 heteroatoms. The minimum Gasteiger partial charge on any atom is -0.356 e. The first kappa shape index (κ1) is 13.7. The summed E-state index contributed by atoms with van der Waals surface area (Å²) in [7, 11) is -3.37. The first-order valence-corrected chi connectivity index (χ1v) is 9.06. The van der Waals surface area contributed by atoms with E-state index in [1.807, 2.05) is 11.4 Å². The van der Waals surface area contributed by atoms with Crippen LogP contribution >= 0.6 is 11.3 Å². The van der Waals surface area contributed by atoms with E-state index in [9.17, 15) is 8.42 Å². The maximum absolute atomic E-state index is 11.1. The molecule has 1 saturated heterocycles. The smallest absolute Gasteiger partial charge is 0.209 e. The van der Waals surface area contributed by atoms with Crippen LogP contribution in [0.25, 0.3) is 10.2 Å². The maximum Gasteiger partial charge on any atom is 0.209 e. The van der Waals surface area contributed by atoms with Crippen LogP contribution in [-0.2, 0) is 10.0 Å². The number of hydrogen-bond acceptors (Lipinski definition) is 6. The molecule has 6 nitrogen and oxygen atoms in total. The van der Waals surface area contributed by atoms with Crippen molar-refractivity contribution in [2.45, 2.75) is 12.8 Å². The minimum absolute atomic E-state index is 0.0818. The van der Waals surface area contributed by atoms with Gasteiger partial charge in [-0.1, -0.05) is 0 Å². The van der Waals surface area contributed by atoms with Crippen LogP contribution in [0.15, 0.2) is 17.8 Å². The van der Waals surface area contributed by atoms with Crippen LogP contribution in [0.4, 0.5) is 5.82 Å². The number of piperidine rings is 1. The molecule has 0 aliphatic carbocycles. The molecular formula is C12H16N4O2S2. The second-order valence-corrected chi connectivity index (χ2v) is 7.65. The third-order valence-corrected chi connectivity index (χ3v) is 5.38. The predicted octanol–water partition coefficient (Wildman–Crippen LogP) is 1.20. The van der Waals surface area contributed by atoms with Crippen LogP contribution in [0.3, 0.4) is 0 Å². The molecule has 0 unspecified atom stereocenters. The minimum atomic E-state index is -3.37. The summed E-state index contributed by atoms with van der Waals surface area (Å²) < 4.78 is 22.3. The van der Waals surface area contributed by atoms with Crippen molar-refractivity contribution in [3.63, 3.8) is 0 Å². The van der Waals surface area contributed by atoms with E-state index < -0.39 is 10.0 Å². The van der Waals surface area contributed by atoms with Gasteiger partial charge in [0, 0.05) is 13.1 Å². The van der Waals surface area contributed by atoms with Gasteiger partial charge in [0.25, 0.3) is 0 Å². The Balaban J connectivity index is 1.74. The van der Waals surface area contributed by atoms with E-state index in [2.05, 4.69) is 14.9 Å². The number of thiophene rings is 1. The first-order chi connectivity index (χ1) is 9.53. The zero-order chi connectivity index (χ0) is 14.2. The molecule has 0 amide bonds. The number of nitrogens with zero attached hydrogens (tertiary/aromatic N) is 3. The number of sulfonamides is 1. The SMILES string of the molecule is NS(=O)(=O)CC1CCN(c2ncnc3sccc23)CC1. The summed E-state index contributed by atoms with van der Waals surface area (Å²) in [6.07, 6.45) is 3.24. The van der Waals surface area contributed by atoms with Gasteiger partial charge >= 0.3 is 0 Å². The van der Waals surface area contributed by atoms with Crippen molar-refractivity contribution < 1.29 is 8.42 Å². The molecule has 1 aliphatic rings. The van der Waals surface area contributed by atoms with E-state index in [0.717, 1.165) is 42.0 Å². The van der Waals surface area contributed by atoms with E-state index in [0.29, 0.717) is 0 Å². The van der Waals surface area contributed by atoms with Crippen molar-refractivity contribution in [2.75, 3.05) is 23.7 Å². The van der Waals surface area contributed by atoms with Crippen LogP contribution in [0.1, 0.15) is 12.8 Å². The molecule has 2 N–H and O–H groups in total. The molecule has 0 bridgehead atoms. The van der Waals surface area contributed by atoms with Gasteiger partial charge in [0.2, 0.25) is 10.0 Å². The van der Waals surface area contributed by atoms with Crippen molar-refractivity contribution in [3.05, 3.63) is 17.8 Å². The van der Waals surface area contributed by atoms with Crippen LogP contribution < -0.4 is 10.0 Å². The Morgan fingerprint density at radius 2 is 2.10 bits per heavy atom. The Morgan fingerprint density at radius 3 is 2.80 bits per heavy atom. The summed E-state index contributed by atoms with van der Waals surface area (Å²) in [4.78, 5) is 11.8. The summed E-state index contributed by atoms with van der Waals surface area (Å²) >= 11 is 1.60. The summed E-state index contributed by atoms with van der Waals surface area (Å²) in [5.74, 6) is 1.18. The quantitative estimate of drug-likeness (QED) is 0.919. The maximum atomic E-state index is 11.1. The van der Waals surface area contributed by atoms with E-state index in [4.69, 9.17) is 5.14 Å². The lowest BCUT2D eigenvalue weighted by molar-refractivity contribution is 0.434. The lowest BCUT2D eigenvalue weighted by Gasteiger charge is -2.32. The fourth-order valence-electron chi connectivity index (χ4n) is 2.67. The molecule has 3 rings (SSSR count). The van der Waals surface area contributed by atoms with Gasteiger partial charge in [0.1, 0.15) is 17.0 Å². The Hall–Kier alpha value is -1.25. The van der Waals surface area contributed by atoms with Crippen molar-refractivity contribution in [3.8, 4) is 0 Å². The highest BCUT2D eigenvalue weighted by molar-refractivity contribution is 7.89. The lowest BCUT2D eigenvalue weighted by Crippen LogP contribution is -2.37. The molecule has 0 aromatic carbocycles. The molecule has 1 aliphatic heterocycles. The summed E-state index contributed by atoms with van der Waals surface area (Å²) in [6, 6.07) is 2.03. The van der Waals surface area contributed by atoms with E-state index >= 15 is 0 Å². The second kappa shape index (κ2) is 5.27. The number of nitrogens with two attached hydrogens (primary N) is 1. The van der Waals surface area contributed by atoms with Gasteiger partial charge in [-0.2, -0.15) is 0 Å². The van der Waals surface area contributed by atoms with E-state index in [-0.39, 0.29) is 11.7 Å². The fraction of sp³-hybridized carbons (Fsp3) is 0.500. The number of fused-ring (bicyclic) bond motifs is 1. The molecule has 1 fully saturated rings. The summed E-state index contributed by atoms with van der Waals surface area (Å²) in [6.45, 7) is 1.62. The molecule has 2 aromatic heterocycles. The Kier molecular flexibility index (Phi) is 3.61. The van der Waals surface area contributed by atoms with Gasteiger partial charge in [-0.3, -0.25) is 0 Å². The number of anilines is 1. The number of rotatable bonds is 3. The van der Waals surface area contributed by atoms with E-state index in [1.165, 1.54) is 0 Å². The van der Waals surface area contributed by atoms with E-state index in [1.54, 1.807) is 17.7 Å². The van der Waals surface area contributed by atoms with Crippen molar-refractivity contribution >= 4 is 37.4 Å². The molecule has 0 atom stereocenters. The van der Waals surface area contributed by atoms with Crippen LogP contribution in [0, 0.1) is 5.92 Å². The Labute approximate surface area is 121 Å². The van der Waals surface area contributed by atoms with Gasteiger partial charge in [-0.05, 0) is 30.2 Å². The normalized spacial score (nSPS) is 17.8. The fourth-order valence-corrected chi connectivity index (χ4v) is 4.39. The predicted molar refractivity (Wildman–Crippen MR) is 80.3 cm³/mol. The van der Waals surface area contributed by atoms with Gasteiger partial charge in [-0.15, -0.1) is 11.3 Å². The molecule has 0 spiro atoms. The number of hydrogen-bond donors (Lipinski definition) is 1. The molecule has 20 heavy (non-hydrogen) atoms. The monoisotopic (exact) mass is 312 g/mol. The largest absolute Gasteiger partial charge is 0.356 e. The Morgan fingerprint density at radius 1 is 1.35 bits per heavy atom. The molecule has 0 radical (unpaired) electrons. The van der Waals surface area contributed by atoms with Gasteiger partial charge in [0.05, 0.1) is 11.1 Å². The van der Waals surface area contributed by atoms with Gasteiger partial charge < -0.3 is 4.90 Å². The van der Waals surface area contributed by atoms with Crippen molar-refractivity contribution in [1.29, 1.82) is 0 Å². The highest BCUT2D eigenvalue weighted by Gasteiger charge is 2.24. The second-order valence-electron chi connectivity index (χ2n) is 5.10. The van der Waals surface area contributed by atoms with Gasteiger partial charge in [0.15, 0.2) is 0 Å². The molecular weight excluding hydrogens is 296 g/mol. The lowest BCUT2D eigenvalue weighted by atomic mass is 9.99. The average molecular weight is 312 g/mol. The third kappa shape index (κ3) is 2.92. The molecule has 108 valence electrons. The average Bonchev–Trinajstić information content (AvgIpc) is 2.86. The molecule has 2 aromatic rings. The highest BCUT2D eigenvalue weighted by Crippen LogP contribution is 2.29. The number of primary sulfonamides is 1. The summed E-state index contributed by atoms with van der Waals surface area (Å²) in [5, 5.41) is 8.19. The van der Waals surface area contributed by atoms with Crippen LogP contribution in [-0.4, -0.2) is 37.2 Å². The summed E-state index contributed by atoms with van der Waals surface area (Å²) in [5.41, 5.74) is 0. The van der Waals surface area contributed by atoms with Crippen molar-refractivity contribution in [1.82, 2.24) is 9.97 Å². The van der Waals surface area contributed by atoms with Crippen molar-refractivity contribution in [2.24, 2.45) is 11.1 Å². The topological polar surface area (TPSA) is 89.2 Å². The highest BCUT2D eigenvalue weighted by atomic mass is 32.2. The molecule has 3 heterocycles. The van der Waals surface area contributed by atoms with Gasteiger partial charge in [-0.25, -0.2) is 23.5 Å². The standard InChI is InChI=1S/C12H16N4O2S2/c13-20(17,18)7-9-1-4-16(5-2-9)11-10-3-6-19-12(10)15-8-14-11/h3,6,8-9H,1-2,4-5,7H2,(H2,13,17,18). The molecule has 0 saturated carbocycles. The van der Waals surface area contributed by atoms with Crippen LogP contribution in [0.5, 0.6) is 0 Å². The Bertz CT molecular complexity index is 705. The first-order valence-electron chi connectivity index (χ1n) is 6.46. The van der Waals surface area contributed by atoms with Crippen LogP contribution in [0.2, 0.25) is 0 Å². The number of aromatic nitrogens is 2. The zero-order valence-electron chi connectivity index (χ0n) is 10.9. The zero-order valence-corrected chi connectivity index (χ0v) is 12.5. The third-order valence-electron chi connectivity index (χ3n) is 3.62.